The lowest BCUT2D eigenvalue weighted by atomic mass is 9.69. The van der Waals surface area contributed by atoms with Gasteiger partial charge in [-0.05, 0) is 58.5 Å². The largest absolute Gasteiger partial charge is 0.455 e. The van der Waals surface area contributed by atoms with Crippen molar-refractivity contribution in [2.24, 2.45) is 0 Å². The summed E-state index contributed by atoms with van der Waals surface area (Å²) in [6, 6.07) is 28.0. The number of benzene rings is 4. The summed E-state index contributed by atoms with van der Waals surface area (Å²) < 4.78 is 7.59. The van der Waals surface area contributed by atoms with Crippen LogP contribution < -0.4 is 0 Å². The van der Waals surface area contributed by atoms with Gasteiger partial charge < -0.3 is 4.42 Å². The molecule has 2 aliphatic carbocycles. The summed E-state index contributed by atoms with van der Waals surface area (Å²) in [5.41, 5.74) is 10.7. The van der Waals surface area contributed by atoms with Crippen molar-refractivity contribution in [1.82, 2.24) is 0 Å². The molecule has 7 rings (SSSR count). The van der Waals surface area contributed by atoms with Crippen LogP contribution in [0.2, 0.25) is 0 Å². The molecule has 1 atom stereocenters. The highest BCUT2D eigenvalue weighted by Gasteiger charge is 2.52. The third-order valence-electron chi connectivity index (χ3n) is 7.36. The van der Waals surface area contributed by atoms with Crippen LogP contribution in [0.15, 0.2) is 105 Å². The highest BCUT2D eigenvalue weighted by atomic mass is 79.9. The summed E-state index contributed by atoms with van der Waals surface area (Å²) in [6.07, 6.45) is 10.4. The van der Waals surface area contributed by atoms with E-state index in [-0.39, 0.29) is 0 Å². The molecule has 2 heteroatoms. The third-order valence-corrected chi connectivity index (χ3v) is 7.85. The molecule has 2 aliphatic rings. The zero-order valence-corrected chi connectivity index (χ0v) is 20.1. The average Bonchev–Trinajstić information content (AvgIpc) is 3.47. The maximum atomic E-state index is 6.55. The van der Waals surface area contributed by atoms with Crippen LogP contribution in [-0.4, -0.2) is 0 Å². The van der Waals surface area contributed by atoms with E-state index in [1.54, 1.807) is 0 Å². The highest BCUT2D eigenvalue weighted by molar-refractivity contribution is 9.10. The number of hydrogen-bond acceptors (Lipinski definition) is 1. The fourth-order valence-electron chi connectivity index (χ4n) is 6.18. The van der Waals surface area contributed by atoms with Gasteiger partial charge in [-0.15, -0.1) is 6.42 Å². The van der Waals surface area contributed by atoms with Crippen molar-refractivity contribution in [3.63, 3.8) is 0 Å². The lowest BCUT2D eigenvalue weighted by molar-refractivity contribution is 0.669. The molecule has 0 saturated carbocycles. The van der Waals surface area contributed by atoms with Gasteiger partial charge in [-0.3, -0.25) is 0 Å². The highest BCUT2D eigenvalue weighted by Crippen LogP contribution is 2.63. The number of rotatable bonds is 1. The molecule has 5 aromatic rings. The van der Waals surface area contributed by atoms with E-state index in [0.717, 1.165) is 48.7 Å². The van der Waals surface area contributed by atoms with Crippen LogP contribution >= 0.6 is 15.9 Å². The maximum absolute atomic E-state index is 6.55. The molecule has 4 aromatic carbocycles. The quantitative estimate of drug-likeness (QED) is 0.211. The number of fused-ring (bicyclic) bond motifs is 11. The molecule has 160 valence electrons. The van der Waals surface area contributed by atoms with E-state index in [9.17, 15) is 0 Å². The van der Waals surface area contributed by atoms with Gasteiger partial charge in [-0.1, -0.05) is 94.7 Å². The molecule has 0 bridgehead atoms. The average molecular weight is 499 g/mol. The fourth-order valence-corrected chi connectivity index (χ4v) is 6.54. The van der Waals surface area contributed by atoms with Crippen molar-refractivity contribution in [2.45, 2.75) is 12.3 Å². The fraction of sp³-hybridized carbons (Fsp3) is 0.0625. The van der Waals surface area contributed by atoms with Crippen molar-refractivity contribution in [2.75, 3.05) is 0 Å². The van der Waals surface area contributed by atoms with E-state index in [1.165, 1.54) is 22.3 Å². The normalized spacial score (nSPS) is 18.1. The molecule has 0 saturated heterocycles. The van der Waals surface area contributed by atoms with E-state index in [2.05, 4.69) is 108 Å². The Kier molecular flexibility index (Phi) is 3.96. The molecule has 1 spiro atoms. The number of furan rings is 1. The standard InChI is InChI=1S/C32H19BrO/c1-3-9-25-20(4-2)21-10-5-7-12-26(21)32(25)27-13-8-6-11-23(27)30-28(32)16-15-22-24-18-19(33)14-17-29(24)34-31(22)30/h2-3,5-18H,1H3/b9-3-. The van der Waals surface area contributed by atoms with Gasteiger partial charge in [0.25, 0.3) is 0 Å². The number of hydrogen-bond donors (Lipinski definition) is 0. The van der Waals surface area contributed by atoms with Crippen molar-refractivity contribution in [3.05, 3.63) is 123 Å². The monoisotopic (exact) mass is 498 g/mol. The molecule has 0 fully saturated rings. The van der Waals surface area contributed by atoms with Gasteiger partial charge in [0.1, 0.15) is 11.2 Å². The Labute approximate surface area is 206 Å². The maximum Gasteiger partial charge on any atom is 0.143 e. The Morgan fingerprint density at radius 3 is 2.35 bits per heavy atom. The van der Waals surface area contributed by atoms with E-state index in [0.29, 0.717) is 0 Å². The van der Waals surface area contributed by atoms with E-state index in [1.807, 2.05) is 12.1 Å². The number of terminal acetylenes is 1. The van der Waals surface area contributed by atoms with Crippen molar-refractivity contribution in [3.8, 4) is 23.5 Å². The van der Waals surface area contributed by atoms with E-state index < -0.39 is 5.41 Å². The van der Waals surface area contributed by atoms with Gasteiger partial charge in [-0.25, -0.2) is 0 Å². The van der Waals surface area contributed by atoms with Crippen LogP contribution in [0.1, 0.15) is 29.2 Å². The van der Waals surface area contributed by atoms with Crippen molar-refractivity contribution in [1.29, 1.82) is 0 Å². The molecular weight excluding hydrogens is 480 g/mol. The van der Waals surface area contributed by atoms with Crippen molar-refractivity contribution < 1.29 is 4.42 Å². The van der Waals surface area contributed by atoms with Crippen LogP contribution in [0.4, 0.5) is 0 Å². The SMILES string of the molecule is C#CC1=C(/C=C\C)C2(c3ccccc31)c1ccccc1-c1c2ccc2c1oc1ccc(Br)cc12. The molecule has 0 amide bonds. The summed E-state index contributed by atoms with van der Waals surface area (Å²) in [6.45, 7) is 2.06. The lowest BCUT2D eigenvalue weighted by Gasteiger charge is -2.31. The smallest absolute Gasteiger partial charge is 0.143 e. The van der Waals surface area contributed by atoms with Crippen LogP contribution in [0.3, 0.4) is 0 Å². The van der Waals surface area contributed by atoms with E-state index >= 15 is 0 Å². The molecule has 1 aromatic heterocycles. The first-order valence-electron chi connectivity index (χ1n) is 11.4. The first-order chi connectivity index (χ1) is 16.7. The summed E-state index contributed by atoms with van der Waals surface area (Å²) >= 11 is 3.62. The Morgan fingerprint density at radius 2 is 1.59 bits per heavy atom. The second-order valence-electron chi connectivity index (χ2n) is 8.88. The Hall–Kier alpha value is -3.80. The number of allylic oxidation sites excluding steroid dienone is 4. The van der Waals surface area contributed by atoms with Crippen LogP contribution in [-0.2, 0) is 5.41 Å². The third kappa shape index (κ3) is 2.21. The van der Waals surface area contributed by atoms with Gasteiger partial charge in [0.15, 0.2) is 0 Å². The molecule has 0 N–H and O–H groups in total. The van der Waals surface area contributed by atoms with Gasteiger partial charge >= 0.3 is 0 Å². The van der Waals surface area contributed by atoms with Crippen LogP contribution in [0, 0.1) is 12.3 Å². The van der Waals surface area contributed by atoms with Gasteiger partial charge in [0, 0.05) is 26.4 Å². The first-order valence-corrected chi connectivity index (χ1v) is 12.2. The topological polar surface area (TPSA) is 13.1 Å². The molecular formula is C32H19BrO. The van der Waals surface area contributed by atoms with Gasteiger partial charge in [0.05, 0.1) is 5.41 Å². The summed E-state index contributed by atoms with van der Waals surface area (Å²) in [4.78, 5) is 0. The second-order valence-corrected chi connectivity index (χ2v) is 9.80. The van der Waals surface area contributed by atoms with Gasteiger partial charge in [-0.2, -0.15) is 0 Å². The lowest BCUT2D eigenvalue weighted by Crippen LogP contribution is -2.26. The number of halogens is 1. The predicted octanol–water partition coefficient (Wildman–Crippen LogP) is 8.64. The summed E-state index contributed by atoms with van der Waals surface area (Å²) in [5.74, 6) is 3.03. The molecule has 34 heavy (non-hydrogen) atoms. The van der Waals surface area contributed by atoms with Crippen molar-refractivity contribution >= 4 is 43.4 Å². The first kappa shape index (κ1) is 19.6. The molecule has 1 unspecified atom stereocenters. The minimum absolute atomic E-state index is 0.468. The zero-order valence-electron chi connectivity index (χ0n) is 18.5. The van der Waals surface area contributed by atoms with Crippen LogP contribution in [0.25, 0.3) is 38.6 Å². The Bertz CT molecular complexity index is 1790. The van der Waals surface area contributed by atoms with Crippen LogP contribution in [0.5, 0.6) is 0 Å². The van der Waals surface area contributed by atoms with E-state index in [4.69, 9.17) is 10.8 Å². The summed E-state index contributed by atoms with van der Waals surface area (Å²) in [7, 11) is 0. The minimum atomic E-state index is -0.468. The molecule has 0 radical (unpaired) electrons. The van der Waals surface area contributed by atoms with Gasteiger partial charge in [0.2, 0.25) is 0 Å². The predicted molar refractivity (Wildman–Crippen MR) is 144 cm³/mol. The Balaban J connectivity index is 1.71. The summed E-state index contributed by atoms with van der Waals surface area (Å²) in [5, 5.41) is 2.24. The minimum Gasteiger partial charge on any atom is -0.455 e. The second kappa shape index (κ2) is 6.86. The molecule has 1 heterocycles. The molecule has 0 aliphatic heterocycles. The Morgan fingerprint density at radius 1 is 0.853 bits per heavy atom. The zero-order chi connectivity index (χ0) is 23.0. The molecule has 1 nitrogen and oxygen atoms in total.